The van der Waals surface area contributed by atoms with Crippen molar-refractivity contribution in [3.8, 4) is 0 Å². The van der Waals surface area contributed by atoms with Crippen molar-refractivity contribution in [2.45, 2.75) is 39.3 Å². The highest BCUT2D eigenvalue weighted by atomic mass is 35.5. The molecule has 0 bridgehead atoms. The van der Waals surface area contributed by atoms with Crippen LogP contribution in [0.3, 0.4) is 0 Å². The van der Waals surface area contributed by atoms with Gasteiger partial charge in [0.25, 0.3) is 0 Å². The molecule has 0 saturated carbocycles. The fourth-order valence-corrected chi connectivity index (χ4v) is 4.16. The number of carbonyl (C=O) groups is 1. The van der Waals surface area contributed by atoms with Crippen LogP contribution in [0.4, 0.5) is 0 Å². The molecule has 1 aliphatic heterocycles. The van der Waals surface area contributed by atoms with E-state index in [0.29, 0.717) is 12.5 Å². The van der Waals surface area contributed by atoms with Crippen LogP contribution in [0.1, 0.15) is 43.5 Å². The van der Waals surface area contributed by atoms with Gasteiger partial charge in [0.05, 0.1) is 6.04 Å². The lowest BCUT2D eigenvalue weighted by molar-refractivity contribution is -0.125. The average Bonchev–Trinajstić information content (AvgIpc) is 3.03. The summed E-state index contributed by atoms with van der Waals surface area (Å²) in [5, 5.41) is 12.8. The predicted molar refractivity (Wildman–Crippen MR) is 123 cm³/mol. The van der Waals surface area contributed by atoms with E-state index in [1.807, 2.05) is 36.4 Å². The van der Waals surface area contributed by atoms with Gasteiger partial charge in [-0.2, -0.15) is 0 Å². The van der Waals surface area contributed by atoms with Crippen LogP contribution in [0, 0.1) is 5.92 Å². The van der Waals surface area contributed by atoms with E-state index in [1.165, 1.54) is 7.11 Å². The monoisotopic (exact) mass is 445 g/mol. The molecule has 7 nitrogen and oxygen atoms in total. The summed E-state index contributed by atoms with van der Waals surface area (Å²) in [5.74, 6) is 2.04. The minimum atomic E-state index is -0.183. The molecule has 0 saturated heterocycles. The number of hydrogen-bond donors (Lipinski definition) is 1. The lowest BCUT2D eigenvalue weighted by Crippen LogP contribution is -2.34. The van der Waals surface area contributed by atoms with E-state index in [0.717, 1.165) is 54.7 Å². The quantitative estimate of drug-likeness (QED) is 0.641. The Hall–Kier alpha value is -2.22. The van der Waals surface area contributed by atoms with Crippen molar-refractivity contribution < 1.29 is 9.53 Å². The number of aromatic nitrogens is 3. The fraction of sp³-hybridized carbons (Fsp3) is 0.522. The number of methoxy groups -OCH3 is 1. The summed E-state index contributed by atoms with van der Waals surface area (Å²) < 4.78 is 7.14. The number of nitrogens with one attached hydrogen (secondary N) is 1. The maximum absolute atomic E-state index is 12.2. The van der Waals surface area contributed by atoms with Gasteiger partial charge in [0.1, 0.15) is 12.4 Å². The summed E-state index contributed by atoms with van der Waals surface area (Å²) >= 11 is 6.54. The summed E-state index contributed by atoms with van der Waals surface area (Å²) in [4.78, 5) is 14.5. The number of fused-ring (bicyclic) bond motifs is 1. The maximum Gasteiger partial charge on any atom is 0.246 e. The first-order valence-electron chi connectivity index (χ1n) is 10.8. The molecular formula is C23H32ClN5O2. The Morgan fingerprint density at radius 2 is 2.00 bits per heavy atom. The number of ether oxygens (including phenoxy) is 1. The SMILES string of the molecule is COCC(=O)NC(CC(C)C)c1nnc2n1CCN(C/C(Cl)=C/c1ccccc1)CC2. The molecule has 0 radical (unpaired) electrons. The molecular weight excluding hydrogens is 414 g/mol. The summed E-state index contributed by atoms with van der Waals surface area (Å²) in [7, 11) is 1.52. The molecule has 2 aromatic rings. The van der Waals surface area contributed by atoms with Crippen LogP contribution in [0.15, 0.2) is 35.4 Å². The van der Waals surface area contributed by atoms with Crippen LogP contribution in [-0.2, 0) is 22.5 Å². The smallest absolute Gasteiger partial charge is 0.246 e. The second-order valence-electron chi connectivity index (χ2n) is 8.34. The molecule has 2 heterocycles. The first-order valence-corrected chi connectivity index (χ1v) is 11.2. The molecule has 1 unspecified atom stereocenters. The minimum Gasteiger partial charge on any atom is -0.375 e. The molecule has 0 aliphatic carbocycles. The zero-order chi connectivity index (χ0) is 22.2. The number of amides is 1. The highest BCUT2D eigenvalue weighted by Crippen LogP contribution is 2.23. The van der Waals surface area contributed by atoms with Gasteiger partial charge in [0.15, 0.2) is 5.82 Å². The van der Waals surface area contributed by atoms with Gasteiger partial charge in [0.2, 0.25) is 5.91 Å². The van der Waals surface area contributed by atoms with Crippen LogP contribution in [-0.4, -0.2) is 58.9 Å². The molecule has 168 valence electrons. The molecule has 1 aromatic heterocycles. The number of rotatable bonds is 9. The lowest BCUT2D eigenvalue weighted by atomic mass is 10.0. The number of hydrogen-bond acceptors (Lipinski definition) is 5. The van der Waals surface area contributed by atoms with Gasteiger partial charge in [0, 0.05) is 44.7 Å². The van der Waals surface area contributed by atoms with E-state index < -0.39 is 0 Å². The van der Waals surface area contributed by atoms with E-state index in [9.17, 15) is 4.79 Å². The molecule has 1 aliphatic rings. The second-order valence-corrected chi connectivity index (χ2v) is 8.82. The van der Waals surface area contributed by atoms with Crippen LogP contribution in [0.25, 0.3) is 6.08 Å². The van der Waals surface area contributed by atoms with E-state index >= 15 is 0 Å². The number of benzene rings is 1. The van der Waals surface area contributed by atoms with Gasteiger partial charge >= 0.3 is 0 Å². The zero-order valence-electron chi connectivity index (χ0n) is 18.6. The third-order valence-corrected chi connectivity index (χ3v) is 5.50. The molecule has 0 fully saturated rings. The summed E-state index contributed by atoms with van der Waals surface area (Å²) in [5.41, 5.74) is 1.10. The molecule has 1 amide bonds. The molecule has 1 aromatic carbocycles. The average molecular weight is 446 g/mol. The Morgan fingerprint density at radius 1 is 1.23 bits per heavy atom. The lowest BCUT2D eigenvalue weighted by Gasteiger charge is -2.22. The topological polar surface area (TPSA) is 72.3 Å². The molecule has 1 N–H and O–H groups in total. The van der Waals surface area contributed by atoms with Crippen LogP contribution < -0.4 is 5.32 Å². The normalized spacial score (nSPS) is 16.1. The van der Waals surface area contributed by atoms with Gasteiger partial charge in [-0.3, -0.25) is 9.69 Å². The first-order chi connectivity index (χ1) is 15.0. The number of halogens is 1. The van der Waals surface area contributed by atoms with Crippen molar-refractivity contribution in [2.24, 2.45) is 5.92 Å². The van der Waals surface area contributed by atoms with Crippen molar-refractivity contribution in [1.29, 1.82) is 0 Å². The second kappa shape index (κ2) is 11.4. The molecule has 3 rings (SSSR count). The Kier molecular flexibility index (Phi) is 8.63. The van der Waals surface area contributed by atoms with Crippen molar-refractivity contribution in [1.82, 2.24) is 25.0 Å². The Morgan fingerprint density at radius 3 is 2.71 bits per heavy atom. The molecule has 8 heteroatoms. The van der Waals surface area contributed by atoms with Crippen molar-refractivity contribution in [3.63, 3.8) is 0 Å². The van der Waals surface area contributed by atoms with Crippen LogP contribution in [0.5, 0.6) is 0 Å². The highest BCUT2D eigenvalue weighted by Gasteiger charge is 2.26. The fourth-order valence-electron chi connectivity index (χ4n) is 3.86. The van der Waals surface area contributed by atoms with E-state index in [1.54, 1.807) is 0 Å². The Bertz CT molecular complexity index is 881. The van der Waals surface area contributed by atoms with Crippen molar-refractivity contribution >= 4 is 23.6 Å². The molecule has 31 heavy (non-hydrogen) atoms. The molecule has 0 spiro atoms. The van der Waals surface area contributed by atoms with Crippen molar-refractivity contribution in [3.05, 3.63) is 52.6 Å². The van der Waals surface area contributed by atoms with Crippen LogP contribution >= 0.6 is 11.6 Å². The number of carbonyl (C=O) groups excluding carboxylic acids is 1. The Balaban J connectivity index is 1.68. The summed E-state index contributed by atoms with van der Waals surface area (Å²) in [6.07, 6.45) is 3.60. The number of nitrogens with zero attached hydrogens (tertiary/aromatic N) is 4. The van der Waals surface area contributed by atoms with Gasteiger partial charge < -0.3 is 14.6 Å². The standard InChI is InChI=1S/C23H32ClN5O2/c1-17(2)13-20(25-22(30)16-31-3)23-27-26-21-9-10-28(11-12-29(21)23)15-19(24)14-18-7-5-4-6-8-18/h4-8,14,17,20H,9-13,15-16H2,1-3H3,(H,25,30)/b19-14-. The van der Waals surface area contributed by atoms with Gasteiger partial charge in [-0.05, 0) is 24.0 Å². The first kappa shape index (κ1) is 23.4. The van der Waals surface area contributed by atoms with Crippen LogP contribution in [0.2, 0.25) is 0 Å². The third kappa shape index (κ3) is 6.89. The zero-order valence-corrected chi connectivity index (χ0v) is 19.3. The maximum atomic E-state index is 12.2. The highest BCUT2D eigenvalue weighted by molar-refractivity contribution is 6.31. The van der Waals surface area contributed by atoms with E-state index in [-0.39, 0.29) is 18.6 Å². The summed E-state index contributed by atoms with van der Waals surface area (Å²) in [6, 6.07) is 9.92. The summed E-state index contributed by atoms with van der Waals surface area (Å²) in [6.45, 7) is 7.48. The predicted octanol–water partition coefficient (Wildman–Crippen LogP) is 3.27. The Labute approximate surface area is 189 Å². The van der Waals surface area contributed by atoms with E-state index in [4.69, 9.17) is 16.3 Å². The van der Waals surface area contributed by atoms with E-state index in [2.05, 4.69) is 38.8 Å². The van der Waals surface area contributed by atoms with Gasteiger partial charge in [-0.25, -0.2) is 0 Å². The largest absolute Gasteiger partial charge is 0.375 e. The van der Waals surface area contributed by atoms with Gasteiger partial charge in [-0.15, -0.1) is 10.2 Å². The van der Waals surface area contributed by atoms with Gasteiger partial charge in [-0.1, -0.05) is 55.8 Å². The minimum absolute atomic E-state index is 0.0373. The van der Waals surface area contributed by atoms with Crippen molar-refractivity contribution in [2.75, 3.05) is 33.4 Å². The third-order valence-electron chi connectivity index (χ3n) is 5.27. The molecule has 1 atom stereocenters.